The van der Waals surface area contributed by atoms with E-state index in [0.29, 0.717) is 37.9 Å². The first-order chi connectivity index (χ1) is 20.4. The number of halogens is 3. The standard InChI is InChI=1S/C30H35F3N4O5S/c1-35(2)43(39,40)23-7-8-26-24(18-23)27(29(38)41-3)25(28(34-26)20-5-4-6-21(17-20)30(31,32)33)19-36-11-9-22(10-12-36)37-13-15-42-16-14-37/h4-8,17-18,22H,9-16,19H2,1-3H3. The molecule has 2 aliphatic heterocycles. The first-order valence-electron chi connectivity index (χ1n) is 14.1. The first-order valence-corrected chi connectivity index (χ1v) is 15.5. The molecule has 0 aliphatic carbocycles. The molecular weight excluding hydrogens is 585 g/mol. The second kappa shape index (κ2) is 12.5. The highest BCUT2D eigenvalue weighted by Crippen LogP contribution is 2.37. The first kappa shape index (κ1) is 31.3. The van der Waals surface area contributed by atoms with Crippen LogP contribution in [-0.4, -0.2) is 100 Å². The quantitative estimate of drug-likeness (QED) is 0.362. The molecule has 0 amide bonds. The lowest BCUT2D eigenvalue weighted by Gasteiger charge is -2.40. The van der Waals surface area contributed by atoms with Gasteiger partial charge in [-0.1, -0.05) is 12.1 Å². The average Bonchev–Trinajstić information content (AvgIpc) is 3.00. The molecular formula is C30H35F3N4O5S. The molecule has 0 N–H and O–H groups in total. The maximum absolute atomic E-state index is 13.7. The molecule has 2 aliphatic rings. The molecule has 0 atom stereocenters. The molecule has 2 fully saturated rings. The van der Waals surface area contributed by atoms with E-state index >= 15 is 0 Å². The minimum atomic E-state index is -4.57. The topological polar surface area (TPSA) is 92.3 Å². The summed E-state index contributed by atoms with van der Waals surface area (Å²) in [6.07, 6.45) is -2.80. The van der Waals surface area contributed by atoms with Crippen molar-refractivity contribution in [3.8, 4) is 11.3 Å². The van der Waals surface area contributed by atoms with Gasteiger partial charge in [-0.25, -0.2) is 22.5 Å². The smallest absolute Gasteiger partial charge is 0.416 e. The van der Waals surface area contributed by atoms with Crippen LogP contribution in [0.15, 0.2) is 47.4 Å². The molecule has 3 heterocycles. The van der Waals surface area contributed by atoms with Crippen LogP contribution in [0.1, 0.15) is 34.3 Å². The van der Waals surface area contributed by atoms with E-state index in [1.54, 1.807) is 0 Å². The van der Waals surface area contributed by atoms with Gasteiger partial charge in [-0.3, -0.25) is 9.80 Å². The summed E-state index contributed by atoms with van der Waals surface area (Å²) in [5.74, 6) is -0.724. The molecule has 0 saturated carbocycles. The summed E-state index contributed by atoms with van der Waals surface area (Å²) >= 11 is 0. The Labute approximate surface area is 249 Å². The maximum atomic E-state index is 13.7. The van der Waals surface area contributed by atoms with Gasteiger partial charge in [-0.15, -0.1) is 0 Å². The number of pyridine rings is 1. The molecule has 2 aromatic carbocycles. The highest BCUT2D eigenvalue weighted by Gasteiger charge is 2.33. The summed E-state index contributed by atoms with van der Waals surface area (Å²) in [4.78, 5) is 22.7. The fraction of sp³-hybridized carbons (Fsp3) is 0.467. The zero-order chi connectivity index (χ0) is 30.9. The summed E-state index contributed by atoms with van der Waals surface area (Å²) in [7, 11) is 0.173. The second-order valence-corrected chi connectivity index (χ2v) is 13.2. The number of piperidine rings is 1. The number of hydrogen-bond donors (Lipinski definition) is 0. The fourth-order valence-electron chi connectivity index (χ4n) is 5.83. The Hall–Kier alpha value is -3.10. The summed E-state index contributed by atoms with van der Waals surface area (Å²) < 4.78 is 78.8. The van der Waals surface area contributed by atoms with Crippen LogP contribution in [0.25, 0.3) is 22.2 Å². The number of nitrogens with zero attached hydrogens (tertiary/aromatic N) is 4. The SMILES string of the molecule is COC(=O)c1c(CN2CCC(N3CCOCC3)CC2)c(-c2cccc(C(F)(F)F)c2)nc2ccc(S(=O)(=O)N(C)C)cc12. The molecule has 0 unspecified atom stereocenters. The number of rotatable bonds is 7. The van der Waals surface area contributed by atoms with E-state index in [1.807, 2.05) is 0 Å². The Bertz CT molecular complexity index is 1600. The van der Waals surface area contributed by atoms with Gasteiger partial charge in [0.2, 0.25) is 10.0 Å². The lowest BCUT2D eigenvalue weighted by Crippen LogP contribution is -2.48. The van der Waals surface area contributed by atoms with Crippen LogP contribution < -0.4 is 0 Å². The Morgan fingerprint density at radius 3 is 2.40 bits per heavy atom. The van der Waals surface area contributed by atoms with Crippen LogP contribution in [-0.2, 0) is 32.2 Å². The van der Waals surface area contributed by atoms with Crippen LogP contribution in [0, 0.1) is 0 Å². The number of ether oxygens (including phenoxy) is 2. The second-order valence-electron chi connectivity index (χ2n) is 11.0. The molecule has 5 rings (SSSR count). The van der Waals surface area contributed by atoms with Gasteiger partial charge in [-0.2, -0.15) is 13.2 Å². The number of likely N-dealkylation sites (tertiary alicyclic amines) is 1. The van der Waals surface area contributed by atoms with Gasteiger partial charge in [0.05, 0.1) is 47.6 Å². The van der Waals surface area contributed by atoms with Gasteiger partial charge >= 0.3 is 12.1 Å². The number of methoxy groups -OCH3 is 1. The van der Waals surface area contributed by atoms with Gasteiger partial charge in [-0.05, 0) is 56.3 Å². The largest absolute Gasteiger partial charge is 0.465 e. The van der Waals surface area contributed by atoms with Crippen molar-refractivity contribution in [2.45, 2.75) is 36.5 Å². The molecule has 232 valence electrons. The van der Waals surface area contributed by atoms with Crippen LogP contribution >= 0.6 is 0 Å². The number of benzene rings is 2. The summed E-state index contributed by atoms with van der Waals surface area (Å²) in [5, 5.41) is 0.253. The van der Waals surface area contributed by atoms with Crippen LogP contribution in [0.5, 0.6) is 0 Å². The van der Waals surface area contributed by atoms with E-state index < -0.39 is 27.7 Å². The third-order valence-corrected chi connectivity index (χ3v) is 10.0. The lowest BCUT2D eigenvalue weighted by atomic mass is 9.94. The third kappa shape index (κ3) is 6.55. The van der Waals surface area contributed by atoms with E-state index in [-0.39, 0.29) is 39.2 Å². The zero-order valence-electron chi connectivity index (χ0n) is 24.4. The molecule has 1 aromatic heterocycles. The molecule has 13 heteroatoms. The van der Waals surface area contributed by atoms with Crippen LogP contribution in [0.3, 0.4) is 0 Å². The highest BCUT2D eigenvalue weighted by atomic mass is 32.2. The number of carbonyl (C=O) groups excluding carboxylic acids is 1. The van der Waals surface area contributed by atoms with Gasteiger partial charge in [0.25, 0.3) is 0 Å². The number of esters is 1. The Morgan fingerprint density at radius 2 is 1.77 bits per heavy atom. The average molecular weight is 621 g/mol. The van der Waals surface area contributed by atoms with Crippen molar-refractivity contribution >= 4 is 26.9 Å². The molecule has 43 heavy (non-hydrogen) atoms. The Kier molecular flexibility index (Phi) is 9.10. The highest BCUT2D eigenvalue weighted by molar-refractivity contribution is 7.89. The fourth-order valence-corrected chi connectivity index (χ4v) is 6.76. The zero-order valence-corrected chi connectivity index (χ0v) is 25.2. The van der Waals surface area contributed by atoms with E-state index in [0.717, 1.165) is 42.4 Å². The number of aromatic nitrogens is 1. The molecule has 0 bridgehead atoms. The van der Waals surface area contributed by atoms with Crippen LogP contribution in [0.2, 0.25) is 0 Å². The van der Waals surface area contributed by atoms with Crippen molar-refractivity contribution in [3.63, 3.8) is 0 Å². The molecule has 0 spiro atoms. The van der Waals surface area contributed by atoms with E-state index in [2.05, 4.69) is 9.80 Å². The summed E-state index contributed by atoms with van der Waals surface area (Å²) in [6.45, 7) is 4.80. The maximum Gasteiger partial charge on any atom is 0.416 e. The number of hydrogen-bond acceptors (Lipinski definition) is 8. The van der Waals surface area contributed by atoms with Crippen molar-refractivity contribution in [3.05, 3.63) is 59.2 Å². The number of morpholine rings is 1. The predicted octanol–water partition coefficient (Wildman–Crippen LogP) is 4.25. The van der Waals surface area contributed by atoms with Gasteiger partial charge in [0.1, 0.15) is 0 Å². The Balaban J connectivity index is 1.64. The molecule has 0 radical (unpaired) electrons. The van der Waals surface area contributed by atoms with Crippen molar-refractivity contribution in [1.29, 1.82) is 0 Å². The predicted molar refractivity (Wildman–Crippen MR) is 155 cm³/mol. The minimum absolute atomic E-state index is 0.0407. The van der Waals surface area contributed by atoms with E-state index in [4.69, 9.17) is 14.5 Å². The summed E-state index contributed by atoms with van der Waals surface area (Å²) in [5.41, 5.74) is 0.327. The molecule has 9 nitrogen and oxygen atoms in total. The van der Waals surface area contributed by atoms with Crippen LogP contribution in [0.4, 0.5) is 13.2 Å². The summed E-state index contributed by atoms with van der Waals surface area (Å²) in [6, 6.07) is 9.47. The molecule has 2 saturated heterocycles. The molecule has 3 aromatic rings. The van der Waals surface area contributed by atoms with Gasteiger partial charge in [0, 0.05) is 56.3 Å². The number of carbonyl (C=O) groups is 1. The number of sulfonamides is 1. The third-order valence-electron chi connectivity index (χ3n) is 8.19. The van der Waals surface area contributed by atoms with Crippen molar-refractivity contribution in [2.75, 3.05) is 60.6 Å². The van der Waals surface area contributed by atoms with Crippen molar-refractivity contribution in [1.82, 2.24) is 19.1 Å². The van der Waals surface area contributed by atoms with Crippen molar-refractivity contribution < 1.29 is 35.9 Å². The minimum Gasteiger partial charge on any atom is -0.465 e. The van der Waals surface area contributed by atoms with Gasteiger partial charge in [0.15, 0.2) is 0 Å². The Morgan fingerprint density at radius 1 is 1.07 bits per heavy atom. The van der Waals surface area contributed by atoms with Crippen molar-refractivity contribution in [2.24, 2.45) is 0 Å². The van der Waals surface area contributed by atoms with E-state index in [1.165, 1.54) is 51.5 Å². The van der Waals surface area contributed by atoms with Gasteiger partial charge < -0.3 is 9.47 Å². The monoisotopic (exact) mass is 620 g/mol. The number of fused-ring (bicyclic) bond motifs is 1. The lowest BCUT2D eigenvalue weighted by molar-refractivity contribution is -0.137. The normalized spacial score (nSPS) is 17.9. The number of alkyl halides is 3. The van der Waals surface area contributed by atoms with E-state index in [9.17, 15) is 26.4 Å².